The van der Waals surface area contributed by atoms with Crippen molar-refractivity contribution in [1.29, 1.82) is 5.26 Å². The summed E-state index contributed by atoms with van der Waals surface area (Å²) in [5.41, 5.74) is 5.53. The van der Waals surface area contributed by atoms with Crippen molar-refractivity contribution in [3.05, 3.63) is 0 Å². The Kier molecular flexibility index (Phi) is 5.90. The van der Waals surface area contributed by atoms with Crippen molar-refractivity contribution in [3.63, 3.8) is 0 Å². The average molecular weight is 184 g/mol. The van der Waals surface area contributed by atoms with Crippen LogP contribution in [0.5, 0.6) is 0 Å². The Labute approximate surface area is 78.7 Å². The number of carbonyl (C=O) groups excluding carboxylic acids is 1. The molecule has 0 fully saturated rings. The van der Waals surface area contributed by atoms with Crippen molar-refractivity contribution in [2.75, 3.05) is 6.61 Å². The van der Waals surface area contributed by atoms with Gasteiger partial charge < -0.3 is 10.5 Å². The zero-order valence-corrected chi connectivity index (χ0v) is 8.12. The molecule has 0 aromatic heterocycles. The van der Waals surface area contributed by atoms with Crippen LogP contribution in [0.3, 0.4) is 0 Å². The van der Waals surface area contributed by atoms with Gasteiger partial charge in [-0.25, -0.2) is 0 Å². The smallest absolute Gasteiger partial charge is 0.305 e. The molecule has 0 saturated carbocycles. The molecule has 4 nitrogen and oxygen atoms in total. The van der Waals surface area contributed by atoms with E-state index < -0.39 is 0 Å². The lowest BCUT2D eigenvalue weighted by Crippen LogP contribution is -2.26. The first-order valence-electron chi connectivity index (χ1n) is 4.42. The molecule has 0 aromatic carbocycles. The van der Waals surface area contributed by atoms with Crippen LogP contribution in [-0.4, -0.2) is 18.6 Å². The van der Waals surface area contributed by atoms with E-state index in [1.54, 1.807) is 13.8 Å². The fourth-order valence-electron chi connectivity index (χ4n) is 0.952. The second-order valence-electron chi connectivity index (χ2n) is 2.94. The highest BCUT2D eigenvalue weighted by molar-refractivity contribution is 5.69. The van der Waals surface area contributed by atoms with Crippen molar-refractivity contribution < 1.29 is 9.53 Å². The van der Waals surface area contributed by atoms with Gasteiger partial charge in [0.25, 0.3) is 0 Å². The van der Waals surface area contributed by atoms with E-state index in [0.29, 0.717) is 13.0 Å². The molecule has 0 aliphatic rings. The maximum Gasteiger partial charge on any atom is 0.305 e. The van der Waals surface area contributed by atoms with Gasteiger partial charge in [0.15, 0.2) is 0 Å². The summed E-state index contributed by atoms with van der Waals surface area (Å²) in [6.45, 7) is 3.90. The number of ether oxygens (including phenoxy) is 1. The maximum absolute atomic E-state index is 10.9. The molecule has 4 heteroatoms. The monoisotopic (exact) mass is 184 g/mol. The molecule has 0 aliphatic heterocycles. The fourth-order valence-corrected chi connectivity index (χ4v) is 0.952. The highest BCUT2D eigenvalue weighted by Gasteiger charge is 2.14. The Balaban J connectivity index is 3.74. The van der Waals surface area contributed by atoms with Gasteiger partial charge in [-0.2, -0.15) is 5.26 Å². The third-order valence-electron chi connectivity index (χ3n) is 1.77. The highest BCUT2D eigenvalue weighted by atomic mass is 16.5. The number of carbonyl (C=O) groups is 1. The molecule has 2 atom stereocenters. The van der Waals surface area contributed by atoms with Crippen molar-refractivity contribution in [2.45, 2.75) is 32.7 Å². The fraction of sp³-hybridized carbons (Fsp3) is 0.778. The summed E-state index contributed by atoms with van der Waals surface area (Å²) in [5, 5.41) is 8.66. The van der Waals surface area contributed by atoms with E-state index in [0.717, 1.165) is 0 Å². The van der Waals surface area contributed by atoms with Crippen LogP contribution in [0.25, 0.3) is 0 Å². The van der Waals surface area contributed by atoms with Crippen molar-refractivity contribution in [1.82, 2.24) is 0 Å². The number of rotatable bonds is 5. The van der Waals surface area contributed by atoms with Crippen LogP contribution in [0, 0.1) is 17.2 Å². The lowest BCUT2D eigenvalue weighted by molar-refractivity contribution is -0.143. The highest BCUT2D eigenvalue weighted by Crippen LogP contribution is 2.09. The molecule has 0 amide bonds. The number of hydrogen-bond acceptors (Lipinski definition) is 4. The first-order valence-corrected chi connectivity index (χ1v) is 4.42. The SMILES string of the molecule is CCOC(=O)CCC(C#N)C(C)N. The molecule has 0 aliphatic carbocycles. The second kappa shape index (κ2) is 6.44. The molecule has 0 bridgehead atoms. The van der Waals surface area contributed by atoms with Gasteiger partial charge in [-0.1, -0.05) is 0 Å². The molecule has 74 valence electrons. The molecule has 0 rings (SSSR count). The quantitative estimate of drug-likeness (QED) is 0.642. The Morgan fingerprint density at radius 2 is 2.31 bits per heavy atom. The second-order valence-corrected chi connectivity index (χ2v) is 2.94. The standard InChI is InChI=1S/C9H16N2O2/c1-3-13-9(12)5-4-8(6-10)7(2)11/h7-8H,3-5,11H2,1-2H3. The lowest BCUT2D eigenvalue weighted by atomic mass is 9.98. The van der Waals surface area contributed by atoms with Gasteiger partial charge in [0.2, 0.25) is 0 Å². The van der Waals surface area contributed by atoms with Crippen LogP contribution in [0.1, 0.15) is 26.7 Å². The minimum absolute atomic E-state index is 0.195. The van der Waals surface area contributed by atoms with E-state index >= 15 is 0 Å². The van der Waals surface area contributed by atoms with Crippen LogP contribution >= 0.6 is 0 Å². The molecule has 0 radical (unpaired) electrons. The number of nitrogens with zero attached hydrogens (tertiary/aromatic N) is 1. The summed E-state index contributed by atoms with van der Waals surface area (Å²) in [4.78, 5) is 10.9. The van der Waals surface area contributed by atoms with E-state index in [4.69, 9.17) is 15.7 Å². The van der Waals surface area contributed by atoms with E-state index in [1.807, 2.05) is 0 Å². The van der Waals surface area contributed by atoms with Gasteiger partial charge in [0, 0.05) is 12.5 Å². The zero-order chi connectivity index (χ0) is 10.3. The lowest BCUT2D eigenvalue weighted by Gasteiger charge is -2.11. The molecule has 2 N–H and O–H groups in total. The third-order valence-corrected chi connectivity index (χ3v) is 1.77. The van der Waals surface area contributed by atoms with Crippen molar-refractivity contribution in [2.24, 2.45) is 11.7 Å². The van der Waals surface area contributed by atoms with E-state index in [-0.39, 0.29) is 24.3 Å². The molecule has 13 heavy (non-hydrogen) atoms. The van der Waals surface area contributed by atoms with Gasteiger partial charge in [-0.3, -0.25) is 4.79 Å². The van der Waals surface area contributed by atoms with Gasteiger partial charge in [0.1, 0.15) is 0 Å². The van der Waals surface area contributed by atoms with E-state index in [9.17, 15) is 4.79 Å². The summed E-state index contributed by atoms with van der Waals surface area (Å²) in [7, 11) is 0. The van der Waals surface area contributed by atoms with E-state index in [1.165, 1.54) is 0 Å². The van der Waals surface area contributed by atoms with Gasteiger partial charge in [-0.05, 0) is 20.3 Å². The summed E-state index contributed by atoms with van der Waals surface area (Å²) in [5.74, 6) is -0.521. The largest absolute Gasteiger partial charge is 0.466 e. The molecule has 0 aromatic rings. The summed E-state index contributed by atoms with van der Waals surface area (Å²) in [6.07, 6.45) is 0.751. The van der Waals surface area contributed by atoms with Crippen LogP contribution in [-0.2, 0) is 9.53 Å². The molecule has 0 heterocycles. The third kappa shape index (κ3) is 5.21. The average Bonchev–Trinajstić information content (AvgIpc) is 2.05. The van der Waals surface area contributed by atoms with Crippen molar-refractivity contribution in [3.8, 4) is 6.07 Å². The molecule has 2 unspecified atom stereocenters. The van der Waals surface area contributed by atoms with Crippen LogP contribution in [0.2, 0.25) is 0 Å². The van der Waals surface area contributed by atoms with Gasteiger partial charge in [0.05, 0.1) is 18.6 Å². The van der Waals surface area contributed by atoms with Gasteiger partial charge >= 0.3 is 5.97 Å². The summed E-state index contributed by atoms with van der Waals surface area (Å²) < 4.78 is 4.73. The van der Waals surface area contributed by atoms with Crippen LogP contribution < -0.4 is 5.73 Å². The minimum atomic E-state index is -0.261. The number of nitrogens with two attached hydrogens (primary N) is 1. The predicted molar refractivity (Wildman–Crippen MR) is 48.6 cm³/mol. The number of esters is 1. The first-order chi connectivity index (χ1) is 6.11. The van der Waals surface area contributed by atoms with Gasteiger partial charge in [-0.15, -0.1) is 0 Å². The number of nitriles is 1. The molecular formula is C9H16N2O2. The maximum atomic E-state index is 10.9. The minimum Gasteiger partial charge on any atom is -0.466 e. The summed E-state index contributed by atoms with van der Waals surface area (Å²) >= 11 is 0. The zero-order valence-electron chi connectivity index (χ0n) is 8.12. The van der Waals surface area contributed by atoms with E-state index in [2.05, 4.69) is 6.07 Å². The predicted octanol–water partition coefficient (Wildman–Crippen LogP) is 0.817. The first kappa shape index (κ1) is 11.9. The Hall–Kier alpha value is -1.08. The van der Waals surface area contributed by atoms with Crippen molar-refractivity contribution >= 4 is 5.97 Å². The van der Waals surface area contributed by atoms with Crippen LogP contribution in [0.15, 0.2) is 0 Å². The molecular weight excluding hydrogens is 168 g/mol. The molecule has 0 spiro atoms. The number of hydrogen-bond donors (Lipinski definition) is 1. The Morgan fingerprint density at radius 3 is 2.69 bits per heavy atom. The summed E-state index contributed by atoms with van der Waals surface area (Å²) in [6, 6.07) is 1.87. The molecule has 0 saturated heterocycles. The Morgan fingerprint density at radius 1 is 1.69 bits per heavy atom. The topological polar surface area (TPSA) is 76.1 Å². The normalized spacial score (nSPS) is 14.3. The van der Waals surface area contributed by atoms with Crippen LogP contribution in [0.4, 0.5) is 0 Å². The Bertz CT molecular complexity index is 196.